The van der Waals surface area contributed by atoms with Gasteiger partial charge in [-0.05, 0) is 13.8 Å². The van der Waals surface area contributed by atoms with Gasteiger partial charge in [0.1, 0.15) is 15.6 Å². The number of aromatic carboxylic acids is 1. The third kappa shape index (κ3) is 3.15. The van der Waals surface area contributed by atoms with Crippen molar-refractivity contribution in [2.24, 2.45) is 0 Å². The molecule has 0 aliphatic heterocycles. The van der Waals surface area contributed by atoms with Crippen molar-refractivity contribution in [1.29, 1.82) is 0 Å². The number of thiazole rings is 1. The van der Waals surface area contributed by atoms with Gasteiger partial charge < -0.3 is 10.4 Å². The molecule has 0 aromatic carbocycles. The highest BCUT2D eigenvalue weighted by Crippen LogP contribution is 2.17. The van der Waals surface area contributed by atoms with Crippen molar-refractivity contribution in [2.75, 3.05) is 0 Å². The molecule has 0 atom stereocenters. The molecule has 2 N–H and O–H groups in total. The monoisotopic (exact) mass is 292 g/mol. The van der Waals surface area contributed by atoms with E-state index in [1.165, 1.54) is 12.4 Å². The molecule has 0 spiro atoms. The first kappa shape index (κ1) is 14.1. The van der Waals surface area contributed by atoms with Crippen molar-refractivity contribution < 1.29 is 14.7 Å². The Morgan fingerprint density at radius 3 is 2.60 bits per heavy atom. The maximum atomic E-state index is 11.8. The lowest BCUT2D eigenvalue weighted by atomic mass is 10.4. The maximum Gasteiger partial charge on any atom is 0.347 e. The molecule has 0 unspecified atom stereocenters. The second-order valence-electron chi connectivity index (χ2n) is 4.05. The molecule has 1 amide bonds. The molecule has 104 valence electrons. The number of nitrogens with zero attached hydrogens (tertiary/aromatic N) is 3. The molecule has 8 heteroatoms. The van der Waals surface area contributed by atoms with Gasteiger partial charge in [-0.1, -0.05) is 0 Å². The molecule has 2 aromatic rings. The number of aryl methyl sites for hydroxylation is 2. The molecule has 0 aliphatic carbocycles. The van der Waals surface area contributed by atoms with Crippen molar-refractivity contribution in [2.45, 2.75) is 20.4 Å². The Morgan fingerprint density at radius 2 is 2.05 bits per heavy atom. The Bertz CT molecular complexity index is 651. The third-order valence-corrected chi connectivity index (χ3v) is 3.59. The molecule has 0 radical (unpaired) electrons. The number of carbonyl (C=O) groups excluding carboxylic acids is 1. The highest BCUT2D eigenvalue weighted by molar-refractivity contribution is 7.13. The first-order valence-corrected chi connectivity index (χ1v) is 6.55. The van der Waals surface area contributed by atoms with E-state index in [0.717, 1.165) is 17.0 Å². The fourth-order valence-corrected chi connectivity index (χ4v) is 2.33. The van der Waals surface area contributed by atoms with Gasteiger partial charge in [0.25, 0.3) is 5.91 Å². The number of amides is 1. The number of carboxylic acids is 1. The predicted octanol–water partition coefficient (Wildman–Crippen LogP) is 1.18. The summed E-state index contributed by atoms with van der Waals surface area (Å²) in [4.78, 5) is 34.9. The van der Waals surface area contributed by atoms with Crippen molar-refractivity contribution in [3.8, 4) is 0 Å². The summed E-state index contributed by atoms with van der Waals surface area (Å²) in [7, 11) is 0. The second kappa shape index (κ2) is 5.74. The van der Waals surface area contributed by atoms with Crippen LogP contribution in [0.4, 0.5) is 0 Å². The topological polar surface area (TPSA) is 105 Å². The lowest BCUT2D eigenvalue weighted by molar-refractivity contribution is 0.0701. The number of hydrogen-bond acceptors (Lipinski definition) is 6. The summed E-state index contributed by atoms with van der Waals surface area (Å²) >= 11 is 1.05. The van der Waals surface area contributed by atoms with Crippen LogP contribution < -0.4 is 5.32 Å². The van der Waals surface area contributed by atoms with E-state index in [0.29, 0.717) is 10.7 Å². The van der Waals surface area contributed by atoms with E-state index >= 15 is 0 Å². The molecular formula is C12H12N4O3S. The number of aromatic nitrogens is 3. The molecule has 20 heavy (non-hydrogen) atoms. The minimum atomic E-state index is -1.01. The summed E-state index contributed by atoms with van der Waals surface area (Å²) < 4.78 is 0. The number of carboxylic acid groups (broad SMARTS) is 1. The van der Waals surface area contributed by atoms with Crippen LogP contribution in [0.2, 0.25) is 0 Å². The first-order valence-electron chi connectivity index (χ1n) is 5.74. The molecule has 0 bridgehead atoms. The summed E-state index contributed by atoms with van der Waals surface area (Å²) in [5.74, 6) is -1.38. The van der Waals surface area contributed by atoms with E-state index < -0.39 is 5.97 Å². The lowest BCUT2D eigenvalue weighted by Gasteiger charge is -2.01. The minimum absolute atomic E-state index is 0.160. The number of carbonyl (C=O) groups is 2. The van der Waals surface area contributed by atoms with Crippen molar-refractivity contribution >= 4 is 23.2 Å². The summed E-state index contributed by atoms with van der Waals surface area (Å²) in [6, 6.07) is 0. The minimum Gasteiger partial charge on any atom is -0.477 e. The van der Waals surface area contributed by atoms with Crippen LogP contribution in [0.3, 0.4) is 0 Å². The normalized spacial score (nSPS) is 10.3. The van der Waals surface area contributed by atoms with Crippen LogP contribution >= 0.6 is 11.3 Å². The molecule has 0 saturated heterocycles. The van der Waals surface area contributed by atoms with Gasteiger partial charge in [-0.25, -0.2) is 14.8 Å². The highest BCUT2D eigenvalue weighted by Gasteiger charge is 2.15. The van der Waals surface area contributed by atoms with Crippen LogP contribution in [0, 0.1) is 13.8 Å². The zero-order chi connectivity index (χ0) is 14.7. The molecule has 2 rings (SSSR count). The highest BCUT2D eigenvalue weighted by atomic mass is 32.1. The van der Waals surface area contributed by atoms with Crippen LogP contribution in [0.5, 0.6) is 0 Å². The molecular weight excluding hydrogens is 280 g/mol. The largest absolute Gasteiger partial charge is 0.477 e. The Kier molecular flexibility index (Phi) is 4.04. The maximum absolute atomic E-state index is 11.8. The van der Waals surface area contributed by atoms with Crippen LogP contribution in [-0.2, 0) is 6.54 Å². The fraction of sp³-hybridized carbons (Fsp3) is 0.250. The zero-order valence-electron chi connectivity index (χ0n) is 10.9. The van der Waals surface area contributed by atoms with E-state index in [4.69, 9.17) is 5.11 Å². The standard InChI is InChI=1S/C12H12N4O3S/c1-6-3-14-8(4-13-6)11(17)15-5-9-16-7(2)10(20-9)12(18)19/h3-4H,5H2,1-2H3,(H,15,17)(H,18,19). The number of nitrogens with one attached hydrogen (secondary N) is 1. The second-order valence-corrected chi connectivity index (χ2v) is 5.14. The van der Waals surface area contributed by atoms with E-state index in [-0.39, 0.29) is 23.0 Å². The van der Waals surface area contributed by atoms with E-state index in [1.54, 1.807) is 13.8 Å². The van der Waals surface area contributed by atoms with Gasteiger partial charge in [0.15, 0.2) is 0 Å². The van der Waals surface area contributed by atoms with Gasteiger partial charge >= 0.3 is 5.97 Å². The Hall–Kier alpha value is -2.35. The van der Waals surface area contributed by atoms with Gasteiger partial charge in [-0.3, -0.25) is 9.78 Å². The number of rotatable bonds is 4. The van der Waals surface area contributed by atoms with Gasteiger partial charge in [0.05, 0.1) is 24.1 Å². The van der Waals surface area contributed by atoms with Gasteiger partial charge in [0.2, 0.25) is 0 Å². The predicted molar refractivity (Wildman–Crippen MR) is 71.7 cm³/mol. The van der Waals surface area contributed by atoms with Crippen LogP contribution in [0.15, 0.2) is 12.4 Å². The number of hydrogen-bond donors (Lipinski definition) is 2. The first-order chi connectivity index (χ1) is 9.47. The van der Waals surface area contributed by atoms with Crippen LogP contribution in [0.25, 0.3) is 0 Å². The van der Waals surface area contributed by atoms with Crippen molar-refractivity contribution in [3.05, 3.63) is 39.4 Å². The summed E-state index contributed by atoms with van der Waals surface area (Å²) in [6.07, 6.45) is 2.89. The lowest BCUT2D eigenvalue weighted by Crippen LogP contribution is -2.23. The third-order valence-electron chi connectivity index (χ3n) is 2.45. The average Bonchev–Trinajstić information content (AvgIpc) is 2.78. The van der Waals surface area contributed by atoms with E-state index in [2.05, 4.69) is 20.3 Å². The Morgan fingerprint density at radius 1 is 1.30 bits per heavy atom. The van der Waals surface area contributed by atoms with E-state index in [1.807, 2.05) is 0 Å². The molecule has 0 fully saturated rings. The average molecular weight is 292 g/mol. The van der Waals surface area contributed by atoms with Crippen molar-refractivity contribution in [1.82, 2.24) is 20.3 Å². The Balaban J connectivity index is 2.01. The molecule has 2 aromatic heterocycles. The summed E-state index contributed by atoms with van der Waals surface area (Å²) in [5.41, 5.74) is 1.38. The molecule has 0 saturated carbocycles. The van der Waals surface area contributed by atoms with Gasteiger partial charge in [-0.15, -0.1) is 11.3 Å². The quantitative estimate of drug-likeness (QED) is 0.876. The van der Waals surface area contributed by atoms with Gasteiger partial charge in [0, 0.05) is 6.20 Å². The summed E-state index contributed by atoms with van der Waals surface area (Å²) in [5, 5.41) is 12.1. The molecule has 2 heterocycles. The SMILES string of the molecule is Cc1cnc(C(=O)NCc2nc(C)c(C(=O)O)s2)cn1. The smallest absolute Gasteiger partial charge is 0.347 e. The van der Waals surface area contributed by atoms with Crippen LogP contribution in [0.1, 0.15) is 36.6 Å². The van der Waals surface area contributed by atoms with Gasteiger partial charge in [-0.2, -0.15) is 0 Å². The fourth-order valence-electron chi connectivity index (χ4n) is 1.48. The van der Waals surface area contributed by atoms with Crippen molar-refractivity contribution in [3.63, 3.8) is 0 Å². The zero-order valence-corrected chi connectivity index (χ0v) is 11.7. The Labute approximate surface area is 118 Å². The molecule has 0 aliphatic rings. The molecule has 7 nitrogen and oxygen atoms in total. The van der Waals surface area contributed by atoms with E-state index in [9.17, 15) is 9.59 Å². The summed E-state index contributed by atoms with van der Waals surface area (Å²) in [6.45, 7) is 3.56. The van der Waals surface area contributed by atoms with Crippen LogP contribution in [-0.4, -0.2) is 31.9 Å².